The summed E-state index contributed by atoms with van der Waals surface area (Å²) >= 11 is 6.12. The molecule has 1 aliphatic heterocycles. The van der Waals surface area contributed by atoms with Crippen LogP contribution in [0.2, 0.25) is 5.02 Å². The van der Waals surface area contributed by atoms with Crippen molar-refractivity contribution in [2.24, 2.45) is 0 Å². The van der Waals surface area contributed by atoms with E-state index < -0.39 is 7.94 Å². The molecule has 1 aromatic heterocycles. The van der Waals surface area contributed by atoms with Gasteiger partial charge in [-0.3, -0.25) is 4.98 Å². The minimum absolute atomic E-state index is 0.0560. The molecule has 1 saturated heterocycles. The first-order valence-electron chi connectivity index (χ1n) is 11.7. The summed E-state index contributed by atoms with van der Waals surface area (Å²) in [5.41, 5.74) is 5.81. The number of ether oxygens (including phenoxy) is 1. The topological polar surface area (TPSA) is 81.0 Å². The highest BCUT2D eigenvalue weighted by molar-refractivity contribution is 7.60. The van der Waals surface area contributed by atoms with Gasteiger partial charge in [0.2, 0.25) is 0 Å². The summed E-state index contributed by atoms with van der Waals surface area (Å²) < 4.78 is 17.6. The van der Waals surface area contributed by atoms with Crippen molar-refractivity contribution in [1.29, 1.82) is 0 Å². The SMILES string of the molecule is Cc1cc(OC[P]2(O)OCCC(c3cccc(Cl)c3)O2)cc(C)c1Cc1ccc(O)c(C(C)C)n1. The van der Waals surface area contributed by atoms with Crippen LogP contribution in [-0.2, 0) is 15.5 Å². The van der Waals surface area contributed by atoms with Crippen molar-refractivity contribution in [2.45, 2.75) is 52.6 Å². The molecule has 1 fully saturated rings. The molecular formula is C27H32ClNO5P. The van der Waals surface area contributed by atoms with Crippen LogP contribution in [0.4, 0.5) is 0 Å². The molecule has 2 N–H and O–H groups in total. The van der Waals surface area contributed by atoms with E-state index in [0.717, 1.165) is 27.9 Å². The zero-order chi connectivity index (χ0) is 25.2. The van der Waals surface area contributed by atoms with E-state index in [1.54, 1.807) is 6.07 Å². The van der Waals surface area contributed by atoms with Gasteiger partial charge in [-0.25, -0.2) is 0 Å². The summed E-state index contributed by atoms with van der Waals surface area (Å²) in [6, 6.07) is 14.9. The monoisotopic (exact) mass is 516 g/mol. The van der Waals surface area contributed by atoms with Crippen molar-refractivity contribution in [3.8, 4) is 11.5 Å². The van der Waals surface area contributed by atoms with E-state index in [1.165, 1.54) is 0 Å². The molecule has 187 valence electrons. The van der Waals surface area contributed by atoms with E-state index in [4.69, 9.17) is 25.4 Å². The Morgan fingerprint density at radius 3 is 2.57 bits per heavy atom. The highest BCUT2D eigenvalue weighted by atomic mass is 35.5. The number of rotatable bonds is 7. The number of nitrogens with zero attached hydrogens (tertiary/aromatic N) is 1. The number of pyridine rings is 1. The molecule has 2 heterocycles. The van der Waals surface area contributed by atoms with Crippen molar-refractivity contribution in [2.75, 3.05) is 13.0 Å². The molecule has 0 saturated carbocycles. The number of halogens is 1. The third-order valence-electron chi connectivity index (χ3n) is 6.11. The molecule has 2 aromatic carbocycles. The third kappa shape index (κ3) is 6.32. The van der Waals surface area contributed by atoms with Crippen LogP contribution in [-0.4, -0.2) is 27.9 Å². The van der Waals surface area contributed by atoms with Gasteiger partial charge in [-0.05, 0) is 78.4 Å². The second-order valence-electron chi connectivity index (χ2n) is 9.26. The van der Waals surface area contributed by atoms with Crippen molar-refractivity contribution < 1.29 is 23.8 Å². The fourth-order valence-corrected chi connectivity index (χ4v) is 6.00. The predicted octanol–water partition coefficient (Wildman–Crippen LogP) is 7.04. The van der Waals surface area contributed by atoms with Gasteiger partial charge in [0.1, 0.15) is 11.5 Å². The maximum atomic E-state index is 11.0. The maximum absolute atomic E-state index is 11.0. The van der Waals surface area contributed by atoms with Crippen LogP contribution >= 0.6 is 19.5 Å². The van der Waals surface area contributed by atoms with E-state index >= 15 is 0 Å². The molecule has 8 heteroatoms. The van der Waals surface area contributed by atoms with Gasteiger partial charge in [-0.15, -0.1) is 0 Å². The van der Waals surface area contributed by atoms with Gasteiger partial charge >= 0.3 is 0 Å². The number of benzene rings is 2. The Balaban J connectivity index is 1.45. The largest absolute Gasteiger partial charge is 0.506 e. The van der Waals surface area contributed by atoms with Crippen LogP contribution in [0.25, 0.3) is 0 Å². The molecule has 6 nitrogen and oxygen atoms in total. The minimum Gasteiger partial charge on any atom is -0.506 e. The third-order valence-corrected chi connectivity index (χ3v) is 7.97. The van der Waals surface area contributed by atoms with Crippen LogP contribution in [0, 0.1) is 13.8 Å². The Labute approximate surface area is 212 Å². The molecular weight excluding hydrogens is 485 g/mol. The van der Waals surface area contributed by atoms with E-state index in [-0.39, 0.29) is 24.1 Å². The highest BCUT2D eigenvalue weighted by Gasteiger charge is 2.37. The van der Waals surface area contributed by atoms with Crippen molar-refractivity contribution >= 4 is 19.5 Å². The van der Waals surface area contributed by atoms with Crippen LogP contribution in [0.1, 0.15) is 65.9 Å². The number of hydrogen-bond acceptors (Lipinski definition) is 6. The quantitative estimate of drug-likeness (QED) is 0.328. The Hall–Kier alpha value is -2.21. The van der Waals surface area contributed by atoms with Crippen molar-refractivity contribution in [3.63, 3.8) is 0 Å². The summed E-state index contributed by atoms with van der Waals surface area (Å²) in [6.07, 6.45) is 0.949. The van der Waals surface area contributed by atoms with Crippen LogP contribution in [0.5, 0.6) is 11.5 Å². The summed E-state index contributed by atoms with van der Waals surface area (Å²) in [5.74, 6) is 1.02. The molecule has 4 rings (SSSR count). The Morgan fingerprint density at radius 2 is 1.89 bits per heavy atom. The van der Waals surface area contributed by atoms with E-state index in [9.17, 15) is 10.00 Å². The second-order valence-corrected chi connectivity index (χ2v) is 11.7. The standard InChI is InChI=1S/C27H32ClNO5P/c1-17(2)27-25(30)9-8-22(29-27)15-24-18(3)12-23(13-19(24)4)32-16-35(31)33-11-10-26(34-35)20-6-5-7-21(28)14-20/h5-9,12-14,17,26,30-31H,10-11,15-16H2,1-4H3. The van der Waals surface area contributed by atoms with Crippen molar-refractivity contribution in [1.82, 2.24) is 4.98 Å². The number of aromatic nitrogens is 1. The zero-order valence-electron chi connectivity index (χ0n) is 20.5. The average Bonchev–Trinajstić information content (AvgIpc) is 2.81. The van der Waals surface area contributed by atoms with Gasteiger partial charge in [0, 0.05) is 23.6 Å². The van der Waals surface area contributed by atoms with E-state index in [0.29, 0.717) is 35.9 Å². The van der Waals surface area contributed by atoms with Gasteiger partial charge in [-0.1, -0.05) is 37.6 Å². The molecule has 2 atom stereocenters. The fraction of sp³-hybridized carbons (Fsp3) is 0.370. The lowest BCUT2D eigenvalue weighted by molar-refractivity contribution is 0.0518. The molecule has 35 heavy (non-hydrogen) atoms. The van der Waals surface area contributed by atoms with E-state index in [2.05, 4.69) is 4.98 Å². The first kappa shape index (κ1) is 25.9. The van der Waals surface area contributed by atoms with Crippen molar-refractivity contribution in [3.05, 3.63) is 87.2 Å². The van der Waals surface area contributed by atoms with Crippen LogP contribution in [0.15, 0.2) is 48.5 Å². The lowest BCUT2D eigenvalue weighted by Gasteiger charge is -2.37. The molecule has 2 unspecified atom stereocenters. The second kappa shape index (κ2) is 10.8. The van der Waals surface area contributed by atoms with E-state index in [1.807, 2.05) is 70.2 Å². The van der Waals surface area contributed by atoms with Gasteiger partial charge in [0.25, 0.3) is 7.94 Å². The van der Waals surface area contributed by atoms with Gasteiger partial charge in [0.15, 0.2) is 6.35 Å². The summed E-state index contributed by atoms with van der Waals surface area (Å²) in [7, 11) is -3.18. The average molecular weight is 517 g/mol. The molecule has 0 amide bonds. The molecule has 1 aliphatic rings. The molecule has 3 aromatic rings. The van der Waals surface area contributed by atoms with Gasteiger partial charge < -0.3 is 23.8 Å². The normalized spacial score (nSPS) is 20.3. The summed E-state index contributed by atoms with van der Waals surface area (Å²) in [4.78, 5) is 15.7. The fourth-order valence-electron chi connectivity index (χ4n) is 4.27. The number of hydrogen-bond donors (Lipinski definition) is 2. The van der Waals surface area contributed by atoms with Gasteiger partial charge in [-0.2, -0.15) is 0 Å². The Bertz CT molecular complexity index is 1180. The minimum atomic E-state index is -3.18. The van der Waals surface area contributed by atoms with Crippen LogP contribution in [0.3, 0.4) is 0 Å². The summed E-state index contributed by atoms with van der Waals surface area (Å²) in [6.45, 7) is 8.49. The Kier molecular flexibility index (Phi) is 7.99. The maximum Gasteiger partial charge on any atom is 0.269 e. The Morgan fingerprint density at radius 1 is 1.14 bits per heavy atom. The molecule has 0 bridgehead atoms. The van der Waals surface area contributed by atoms with Gasteiger partial charge in [0.05, 0.1) is 18.4 Å². The molecule has 1 radical (unpaired) electrons. The smallest absolute Gasteiger partial charge is 0.269 e. The lowest BCUT2D eigenvalue weighted by Crippen LogP contribution is -2.21. The first-order valence-corrected chi connectivity index (χ1v) is 13.9. The highest BCUT2D eigenvalue weighted by Crippen LogP contribution is 2.63. The predicted molar refractivity (Wildman–Crippen MR) is 139 cm³/mol. The molecule has 0 aliphatic carbocycles. The lowest BCUT2D eigenvalue weighted by atomic mass is 9.97. The zero-order valence-corrected chi connectivity index (χ0v) is 22.1. The summed E-state index contributed by atoms with van der Waals surface area (Å²) in [5, 5.41) is 10.7. The number of aryl methyl sites for hydroxylation is 2. The first-order chi connectivity index (χ1) is 16.6. The number of aromatic hydroxyl groups is 1. The van der Waals surface area contributed by atoms with Crippen LogP contribution < -0.4 is 4.74 Å². The molecule has 0 spiro atoms.